The quantitative estimate of drug-likeness (QED) is 0.753. The average molecular weight is 293 g/mol. The van der Waals surface area contributed by atoms with E-state index in [1.165, 1.54) is 61.2 Å². The lowest BCUT2D eigenvalue weighted by Crippen LogP contribution is -2.33. The first-order valence-electron chi connectivity index (χ1n) is 8.58. The van der Waals surface area contributed by atoms with E-state index < -0.39 is 0 Å². The third kappa shape index (κ3) is 3.91. The van der Waals surface area contributed by atoms with Crippen molar-refractivity contribution in [3.63, 3.8) is 0 Å². The molecule has 2 aromatic carbocycles. The van der Waals surface area contributed by atoms with E-state index in [-0.39, 0.29) is 0 Å². The summed E-state index contributed by atoms with van der Waals surface area (Å²) in [5.41, 5.74) is 5.58. The normalized spacial score (nSPS) is 16.0. The zero-order valence-corrected chi connectivity index (χ0v) is 13.9. The summed E-state index contributed by atoms with van der Waals surface area (Å²) in [6.45, 7) is 6.73. The molecular formula is C21H27N. The predicted octanol–water partition coefficient (Wildman–Crippen LogP) is 5.15. The lowest BCUT2D eigenvalue weighted by Gasteiger charge is -2.33. The van der Waals surface area contributed by atoms with Crippen LogP contribution in [0, 0.1) is 19.8 Å². The number of nitrogens with zero attached hydrogens (tertiary/aromatic N) is 1. The second kappa shape index (κ2) is 7.00. The van der Waals surface area contributed by atoms with Crippen molar-refractivity contribution in [2.24, 2.45) is 5.92 Å². The molecule has 1 fully saturated rings. The minimum Gasteiger partial charge on any atom is -0.372 e. The number of piperidine rings is 1. The number of hydrogen-bond acceptors (Lipinski definition) is 1. The Morgan fingerprint density at radius 3 is 1.95 bits per heavy atom. The SMILES string of the molecule is Cc1ccc(CCC2CCN(c3ccc(C)cc3)CC2)cc1. The fraction of sp³-hybridized carbons (Fsp3) is 0.429. The van der Waals surface area contributed by atoms with Crippen molar-refractivity contribution < 1.29 is 0 Å². The molecule has 1 heteroatoms. The zero-order valence-electron chi connectivity index (χ0n) is 13.9. The summed E-state index contributed by atoms with van der Waals surface area (Å²) in [6, 6.07) is 18.0. The van der Waals surface area contributed by atoms with Gasteiger partial charge in [0.05, 0.1) is 0 Å². The molecule has 22 heavy (non-hydrogen) atoms. The smallest absolute Gasteiger partial charge is 0.0366 e. The van der Waals surface area contributed by atoms with Gasteiger partial charge in [-0.15, -0.1) is 0 Å². The molecule has 0 saturated carbocycles. The third-order valence-electron chi connectivity index (χ3n) is 4.98. The van der Waals surface area contributed by atoms with Crippen LogP contribution in [0.15, 0.2) is 48.5 Å². The molecule has 1 heterocycles. The first-order chi connectivity index (χ1) is 10.7. The molecule has 1 saturated heterocycles. The Balaban J connectivity index is 1.47. The Hall–Kier alpha value is -1.76. The van der Waals surface area contributed by atoms with E-state index in [9.17, 15) is 0 Å². The first kappa shape index (κ1) is 15.1. The van der Waals surface area contributed by atoms with E-state index >= 15 is 0 Å². The highest BCUT2D eigenvalue weighted by atomic mass is 15.1. The summed E-state index contributed by atoms with van der Waals surface area (Å²) in [5.74, 6) is 0.892. The Labute approximate surface area is 135 Å². The topological polar surface area (TPSA) is 3.24 Å². The molecule has 0 N–H and O–H groups in total. The molecule has 0 aromatic heterocycles. The molecule has 2 aromatic rings. The van der Waals surface area contributed by atoms with Crippen molar-refractivity contribution >= 4 is 5.69 Å². The zero-order chi connectivity index (χ0) is 15.4. The van der Waals surface area contributed by atoms with Gasteiger partial charge in [-0.1, -0.05) is 47.5 Å². The molecule has 0 bridgehead atoms. The summed E-state index contributed by atoms with van der Waals surface area (Å²) in [4.78, 5) is 2.54. The summed E-state index contributed by atoms with van der Waals surface area (Å²) in [6.07, 6.45) is 5.24. The maximum atomic E-state index is 2.54. The van der Waals surface area contributed by atoms with Crippen molar-refractivity contribution in [1.82, 2.24) is 0 Å². The van der Waals surface area contributed by atoms with Crippen molar-refractivity contribution in [3.05, 3.63) is 65.2 Å². The van der Waals surface area contributed by atoms with Crippen LogP contribution >= 0.6 is 0 Å². The molecule has 0 atom stereocenters. The van der Waals surface area contributed by atoms with Crippen LogP contribution in [0.1, 0.15) is 36.0 Å². The van der Waals surface area contributed by atoms with Crippen LogP contribution in [0.5, 0.6) is 0 Å². The van der Waals surface area contributed by atoms with Gasteiger partial charge in [0.15, 0.2) is 0 Å². The maximum absolute atomic E-state index is 2.54. The minimum atomic E-state index is 0.892. The van der Waals surface area contributed by atoms with Crippen LogP contribution in [0.3, 0.4) is 0 Å². The molecule has 0 amide bonds. The predicted molar refractivity (Wildman–Crippen MR) is 95.6 cm³/mol. The standard InChI is InChI=1S/C21H27N/c1-17-3-7-19(8-4-17)9-10-20-13-15-22(16-14-20)21-11-5-18(2)6-12-21/h3-8,11-12,20H,9-10,13-16H2,1-2H3. The number of anilines is 1. The Kier molecular flexibility index (Phi) is 4.82. The van der Waals surface area contributed by atoms with Gasteiger partial charge in [0.2, 0.25) is 0 Å². The van der Waals surface area contributed by atoms with Gasteiger partial charge in [-0.2, -0.15) is 0 Å². The van der Waals surface area contributed by atoms with Crippen LogP contribution in [0.25, 0.3) is 0 Å². The van der Waals surface area contributed by atoms with E-state index in [1.807, 2.05) is 0 Å². The van der Waals surface area contributed by atoms with Crippen LogP contribution in [-0.4, -0.2) is 13.1 Å². The fourth-order valence-corrected chi connectivity index (χ4v) is 3.36. The number of hydrogen-bond donors (Lipinski definition) is 0. The first-order valence-corrected chi connectivity index (χ1v) is 8.58. The highest BCUT2D eigenvalue weighted by Crippen LogP contribution is 2.26. The Morgan fingerprint density at radius 1 is 0.818 bits per heavy atom. The lowest BCUT2D eigenvalue weighted by atomic mass is 9.90. The van der Waals surface area contributed by atoms with Gasteiger partial charge in [-0.25, -0.2) is 0 Å². The highest BCUT2D eigenvalue weighted by molar-refractivity contribution is 5.47. The van der Waals surface area contributed by atoms with Gasteiger partial charge in [-0.05, 0) is 63.1 Å². The number of aryl methyl sites for hydroxylation is 3. The summed E-state index contributed by atoms with van der Waals surface area (Å²) in [5, 5.41) is 0. The highest BCUT2D eigenvalue weighted by Gasteiger charge is 2.19. The Bertz CT molecular complexity index is 574. The molecule has 116 valence electrons. The van der Waals surface area contributed by atoms with Crippen molar-refractivity contribution in [2.75, 3.05) is 18.0 Å². The molecule has 1 aliphatic heterocycles. The van der Waals surface area contributed by atoms with E-state index in [4.69, 9.17) is 0 Å². The van der Waals surface area contributed by atoms with E-state index in [2.05, 4.69) is 67.3 Å². The summed E-state index contributed by atoms with van der Waals surface area (Å²) >= 11 is 0. The second-order valence-corrected chi connectivity index (χ2v) is 6.79. The summed E-state index contributed by atoms with van der Waals surface area (Å²) in [7, 11) is 0. The van der Waals surface area contributed by atoms with Crippen molar-refractivity contribution in [2.45, 2.75) is 39.5 Å². The van der Waals surface area contributed by atoms with Gasteiger partial charge in [0.1, 0.15) is 0 Å². The van der Waals surface area contributed by atoms with Crippen LogP contribution in [-0.2, 0) is 6.42 Å². The molecule has 0 unspecified atom stereocenters. The molecular weight excluding hydrogens is 266 g/mol. The van der Waals surface area contributed by atoms with Crippen molar-refractivity contribution in [1.29, 1.82) is 0 Å². The van der Waals surface area contributed by atoms with Gasteiger partial charge in [0, 0.05) is 18.8 Å². The molecule has 1 nitrogen and oxygen atoms in total. The lowest BCUT2D eigenvalue weighted by molar-refractivity contribution is 0.382. The van der Waals surface area contributed by atoms with Gasteiger partial charge < -0.3 is 4.90 Å². The van der Waals surface area contributed by atoms with Crippen LogP contribution < -0.4 is 4.90 Å². The average Bonchev–Trinajstić information content (AvgIpc) is 2.56. The molecule has 0 radical (unpaired) electrons. The fourth-order valence-electron chi connectivity index (χ4n) is 3.36. The van der Waals surface area contributed by atoms with E-state index in [0.717, 1.165) is 5.92 Å². The van der Waals surface area contributed by atoms with Crippen LogP contribution in [0.4, 0.5) is 5.69 Å². The largest absolute Gasteiger partial charge is 0.372 e. The molecule has 0 spiro atoms. The minimum absolute atomic E-state index is 0.892. The van der Waals surface area contributed by atoms with Gasteiger partial charge in [0.25, 0.3) is 0 Å². The number of benzene rings is 2. The van der Waals surface area contributed by atoms with Gasteiger partial charge >= 0.3 is 0 Å². The molecule has 0 aliphatic carbocycles. The monoisotopic (exact) mass is 293 g/mol. The van der Waals surface area contributed by atoms with Gasteiger partial charge in [-0.3, -0.25) is 0 Å². The Morgan fingerprint density at radius 2 is 1.36 bits per heavy atom. The van der Waals surface area contributed by atoms with E-state index in [1.54, 1.807) is 0 Å². The molecule has 3 rings (SSSR count). The third-order valence-corrected chi connectivity index (χ3v) is 4.98. The molecule has 1 aliphatic rings. The van der Waals surface area contributed by atoms with E-state index in [0.29, 0.717) is 0 Å². The second-order valence-electron chi connectivity index (χ2n) is 6.79. The summed E-state index contributed by atoms with van der Waals surface area (Å²) < 4.78 is 0. The number of rotatable bonds is 4. The van der Waals surface area contributed by atoms with Crippen molar-refractivity contribution in [3.8, 4) is 0 Å². The van der Waals surface area contributed by atoms with Crippen LogP contribution in [0.2, 0.25) is 0 Å². The maximum Gasteiger partial charge on any atom is 0.0366 e.